The van der Waals surface area contributed by atoms with Gasteiger partial charge in [0.15, 0.2) is 6.61 Å². The van der Waals surface area contributed by atoms with E-state index in [0.717, 1.165) is 11.3 Å². The quantitative estimate of drug-likeness (QED) is 0.909. The van der Waals surface area contributed by atoms with E-state index in [1.54, 1.807) is 30.1 Å². The number of carbonyl (C=O) groups is 2. The highest BCUT2D eigenvalue weighted by molar-refractivity contribution is 5.99. The maximum absolute atomic E-state index is 12.6. The third-order valence-corrected chi connectivity index (χ3v) is 3.86. The minimum Gasteiger partial charge on any atom is -0.494 e. The maximum Gasteiger partial charge on any atom is 0.262 e. The Bertz CT molecular complexity index is 787. The molecule has 0 unspecified atom stereocenters. The molecule has 1 aliphatic heterocycles. The van der Waals surface area contributed by atoms with Gasteiger partial charge in [0.05, 0.1) is 12.3 Å². The van der Waals surface area contributed by atoms with Crippen molar-refractivity contribution in [1.82, 2.24) is 4.90 Å². The van der Waals surface area contributed by atoms with Gasteiger partial charge in [-0.05, 0) is 42.8 Å². The van der Waals surface area contributed by atoms with Crippen LogP contribution in [0.2, 0.25) is 0 Å². The van der Waals surface area contributed by atoms with Crippen LogP contribution in [0.3, 0.4) is 0 Å². The second kappa shape index (κ2) is 7.25. The van der Waals surface area contributed by atoms with Gasteiger partial charge in [-0.15, -0.1) is 0 Å². The third kappa shape index (κ3) is 3.91. The zero-order valence-corrected chi connectivity index (χ0v) is 14.2. The second-order valence-corrected chi connectivity index (χ2v) is 5.79. The van der Waals surface area contributed by atoms with Gasteiger partial charge in [0.25, 0.3) is 11.8 Å². The molecular weight excluding hydrogens is 320 g/mol. The van der Waals surface area contributed by atoms with Crippen molar-refractivity contribution in [3.63, 3.8) is 0 Å². The fraction of sp³-hybridized carbons (Fsp3) is 0.263. The normalized spacial score (nSPS) is 12.6. The lowest BCUT2D eigenvalue weighted by Crippen LogP contribution is -2.28. The number of nitrogens with zero attached hydrogens (tertiary/aromatic N) is 1. The van der Waals surface area contributed by atoms with Gasteiger partial charge >= 0.3 is 0 Å². The fourth-order valence-electron chi connectivity index (χ4n) is 2.64. The first-order valence-corrected chi connectivity index (χ1v) is 8.10. The van der Waals surface area contributed by atoms with Gasteiger partial charge in [-0.1, -0.05) is 12.1 Å². The van der Waals surface area contributed by atoms with E-state index in [1.807, 2.05) is 31.2 Å². The summed E-state index contributed by atoms with van der Waals surface area (Å²) < 4.78 is 10.7. The third-order valence-electron chi connectivity index (χ3n) is 3.86. The summed E-state index contributed by atoms with van der Waals surface area (Å²) in [5, 5.41) is 2.71. The molecule has 0 fully saturated rings. The van der Waals surface area contributed by atoms with Crippen molar-refractivity contribution < 1.29 is 19.1 Å². The van der Waals surface area contributed by atoms with Crippen molar-refractivity contribution in [2.45, 2.75) is 13.5 Å². The molecule has 2 aromatic carbocycles. The van der Waals surface area contributed by atoms with Crippen LogP contribution in [-0.4, -0.2) is 37.0 Å². The van der Waals surface area contributed by atoms with Crippen LogP contribution in [-0.2, 0) is 11.3 Å². The molecule has 25 heavy (non-hydrogen) atoms. The molecule has 6 heteroatoms. The topological polar surface area (TPSA) is 67.9 Å². The van der Waals surface area contributed by atoms with Crippen molar-refractivity contribution >= 4 is 17.5 Å². The molecule has 0 saturated heterocycles. The first kappa shape index (κ1) is 16.8. The molecule has 2 amide bonds. The summed E-state index contributed by atoms with van der Waals surface area (Å²) in [6.45, 7) is 3.03. The van der Waals surface area contributed by atoms with Crippen molar-refractivity contribution in [2.24, 2.45) is 0 Å². The molecule has 6 nitrogen and oxygen atoms in total. The number of nitrogens with one attached hydrogen (secondary N) is 1. The predicted molar refractivity (Wildman–Crippen MR) is 94.0 cm³/mol. The van der Waals surface area contributed by atoms with Gasteiger partial charge in [0.2, 0.25) is 0 Å². The SMILES string of the molecule is CCOc1ccc(CN(C)C(=O)c2ccc3c(c2)NC(=O)CO3)cc1. The number of rotatable bonds is 5. The number of benzene rings is 2. The summed E-state index contributed by atoms with van der Waals surface area (Å²) >= 11 is 0. The van der Waals surface area contributed by atoms with Gasteiger partial charge < -0.3 is 19.7 Å². The standard InChI is InChI=1S/C19H20N2O4/c1-3-24-15-7-4-13(5-8-15)11-21(2)19(23)14-6-9-17-16(10-14)20-18(22)12-25-17/h4-10H,3,11-12H2,1-2H3,(H,20,22). The number of hydrogen-bond donors (Lipinski definition) is 1. The Morgan fingerprint density at radius 2 is 2.00 bits per heavy atom. The molecule has 1 aliphatic rings. The van der Waals surface area contributed by atoms with Crippen LogP contribution in [0.5, 0.6) is 11.5 Å². The average Bonchev–Trinajstić information content (AvgIpc) is 2.62. The molecule has 2 aromatic rings. The Labute approximate surface area is 146 Å². The second-order valence-electron chi connectivity index (χ2n) is 5.79. The van der Waals surface area contributed by atoms with Crippen molar-refractivity contribution in [3.8, 4) is 11.5 Å². The van der Waals surface area contributed by atoms with E-state index in [1.165, 1.54) is 0 Å². The van der Waals surface area contributed by atoms with Gasteiger partial charge in [-0.2, -0.15) is 0 Å². The number of amides is 2. The minimum atomic E-state index is -0.222. The lowest BCUT2D eigenvalue weighted by molar-refractivity contribution is -0.118. The van der Waals surface area contributed by atoms with E-state index in [4.69, 9.17) is 9.47 Å². The van der Waals surface area contributed by atoms with Crippen LogP contribution in [0.15, 0.2) is 42.5 Å². The highest BCUT2D eigenvalue weighted by Gasteiger charge is 2.19. The molecule has 0 aliphatic carbocycles. The number of fused-ring (bicyclic) bond motifs is 1. The molecule has 1 N–H and O–H groups in total. The summed E-state index contributed by atoms with van der Waals surface area (Å²) in [5.41, 5.74) is 2.03. The summed E-state index contributed by atoms with van der Waals surface area (Å²) in [5.74, 6) is 1.03. The molecular formula is C19H20N2O4. The van der Waals surface area contributed by atoms with E-state index in [0.29, 0.717) is 30.2 Å². The molecule has 3 rings (SSSR count). The van der Waals surface area contributed by atoms with E-state index in [-0.39, 0.29) is 18.4 Å². The number of hydrogen-bond acceptors (Lipinski definition) is 4. The summed E-state index contributed by atoms with van der Waals surface area (Å²) in [6.07, 6.45) is 0. The first-order valence-electron chi connectivity index (χ1n) is 8.10. The molecule has 130 valence electrons. The summed E-state index contributed by atoms with van der Waals surface area (Å²) in [4.78, 5) is 25.7. The van der Waals surface area contributed by atoms with E-state index >= 15 is 0 Å². The van der Waals surface area contributed by atoms with E-state index in [9.17, 15) is 9.59 Å². The molecule has 0 radical (unpaired) electrons. The molecule has 1 heterocycles. The van der Waals surface area contributed by atoms with Crippen molar-refractivity contribution in [2.75, 3.05) is 25.6 Å². The van der Waals surface area contributed by atoms with Crippen LogP contribution in [0.4, 0.5) is 5.69 Å². The van der Waals surface area contributed by atoms with Crippen LogP contribution >= 0.6 is 0 Å². The molecule has 0 saturated carbocycles. The van der Waals surface area contributed by atoms with Crippen molar-refractivity contribution in [1.29, 1.82) is 0 Å². The zero-order chi connectivity index (χ0) is 17.8. The van der Waals surface area contributed by atoms with Crippen molar-refractivity contribution in [3.05, 3.63) is 53.6 Å². The maximum atomic E-state index is 12.6. The minimum absolute atomic E-state index is 0.00205. The van der Waals surface area contributed by atoms with Gasteiger partial charge in [-0.25, -0.2) is 0 Å². The van der Waals surface area contributed by atoms with Crippen LogP contribution in [0.25, 0.3) is 0 Å². The summed E-state index contributed by atoms with van der Waals surface area (Å²) in [7, 11) is 1.74. The monoisotopic (exact) mass is 340 g/mol. The van der Waals surface area contributed by atoms with Gasteiger partial charge in [0.1, 0.15) is 11.5 Å². The Hall–Kier alpha value is -3.02. The largest absolute Gasteiger partial charge is 0.494 e. The zero-order valence-electron chi connectivity index (χ0n) is 14.2. The van der Waals surface area contributed by atoms with Crippen LogP contribution in [0.1, 0.15) is 22.8 Å². The molecule has 0 aromatic heterocycles. The van der Waals surface area contributed by atoms with E-state index < -0.39 is 0 Å². The Morgan fingerprint density at radius 1 is 1.24 bits per heavy atom. The number of carbonyl (C=O) groups excluding carboxylic acids is 2. The first-order chi connectivity index (χ1) is 12.1. The van der Waals surface area contributed by atoms with Crippen LogP contribution in [0, 0.1) is 0 Å². The Balaban J connectivity index is 1.69. The smallest absolute Gasteiger partial charge is 0.262 e. The highest BCUT2D eigenvalue weighted by Crippen LogP contribution is 2.29. The van der Waals surface area contributed by atoms with Gasteiger partial charge in [-0.3, -0.25) is 9.59 Å². The lowest BCUT2D eigenvalue weighted by Gasteiger charge is -2.21. The highest BCUT2D eigenvalue weighted by atomic mass is 16.5. The predicted octanol–water partition coefficient (Wildman–Crippen LogP) is 2.69. The van der Waals surface area contributed by atoms with Crippen LogP contribution < -0.4 is 14.8 Å². The Kier molecular flexibility index (Phi) is 4.88. The van der Waals surface area contributed by atoms with E-state index in [2.05, 4.69) is 5.32 Å². The number of ether oxygens (including phenoxy) is 2. The fourth-order valence-corrected chi connectivity index (χ4v) is 2.64. The molecule has 0 spiro atoms. The Morgan fingerprint density at radius 3 is 2.72 bits per heavy atom. The lowest BCUT2D eigenvalue weighted by atomic mass is 10.1. The average molecular weight is 340 g/mol. The molecule has 0 bridgehead atoms. The molecule has 0 atom stereocenters. The summed E-state index contributed by atoms with van der Waals surface area (Å²) in [6, 6.07) is 12.7. The van der Waals surface area contributed by atoms with Gasteiger partial charge in [0, 0.05) is 19.2 Å². The number of anilines is 1.